The molecule has 3 aromatic rings. The number of benzene rings is 2. The van der Waals surface area contributed by atoms with Gasteiger partial charge >= 0.3 is 0 Å². The Morgan fingerprint density at radius 1 is 1.20 bits per heavy atom. The summed E-state index contributed by atoms with van der Waals surface area (Å²) in [5.74, 6) is 0.422. The summed E-state index contributed by atoms with van der Waals surface area (Å²) in [6.07, 6.45) is -0.675. The lowest BCUT2D eigenvalue weighted by Crippen LogP contribution is -2.22. The molecular formula is C18H19N5O2. The summed E-state index contributed by atoms with van der Waals surface area (Å²) in [4.78, 5) is 12.6. The molecule has 1 aromatic heterocycles. The number of hydrogen-bond donors (Lipinski definition) is 1. The van der Waals surface area contributed by atoms with Crippen LogP contribution in [0.1, 0.15) is 18.6 Å². The summed E-state index contributed by atoms with van der Waals surface area (Å²) in [5, 5.41) is 14.6. The van der Waals surface area contributed by atoms with Crippen LogP contribution in [0.5, 0.6) is 0 Å². The van der Waals surface area contributed by atoms with Crippen LogP contribution in [0.15, 0.2) is 54.6 Å². The second kappa shape index (κ2) is 7.67. The maximum atomic E-state index is 12.6. The van der Waals surface area contributed by atoms with E-state index >= 15 is 0 Å². The Kier molecular flexibility index (Phi) is 5.15. The lowest BCUT2D eigenvalue weighted by atomic mass is 10.1. The summed E-state index contributed by atoms with van der Waals surface area (Å²) in [5.41, 5.74) is 2.29. The number of anilines is 1. The van der Waals surface area contributed by atoms with E-state index in [-0.39, 0.29) is 5.91 Å². The zero-order valence-electron chi connectivity index (χ0n) is 14.1. The van der Waals surface area contributed by atoms with Crippen LogP contribution in [0.25, 0.3) is 11.4 Å². The van der Waals surface area contributed by atoms with Gasteiger partial charge < -0.3 is 10.1 Å². The zero-order chi connectivity index (χ0) is 17.6. The van der Waals surface area contributed by atoms with Gasteiger partial charge in [-0.05, 0) is 35.0 Å². The number of hydrogen-bond acceptors (Lipinski definition) is 5. The summed E-state index contributed by atoms with van der Waals surface area (Å²) in [6, 6.07) is 16.8. The molecule has 0 fully saturated rings. The Bertz CT molecular complexity index is 847. The molecule has 7 nitrogen and oxygen atoms in total. The van der Waals surface area contributed by atoms with Gasteiger partial charge in [0.2, 0.25) is 0 Å². The van der Waals surface area contributed by atoms with Gasteiger partial charge in [-0.2, -0.15) is 0 Å². The molecule has 0 aliphatic heterocycles. The number of rotatable bonds is 6. The predicted molar refractivity (Wildman–Crippen MR) is 93.7 cm³/mol. The lowest BCUT2D eigenvalue weighted by Gasteiger charge is -2.16. The van der Waals surface area contributed by atoms with Crippen molar-refractivity contribution in [1.82, 2.24) is 20.2 Å². The molecule has 7 heteroatoms. The Balaban J connectivity index is 1.81. The van der Waals surface area contributed by atoms with Crippen molar-refractivity contribution in [3.8, 4) is 11.4 Å². The first-order valence-electron chi connectivity index (χ1n) is 7.98. The van der Waals surface area contributed by atoms with Gasteiger partial charge in [0.25, 0.3) is 5.91 Å². The topological polar surface area (TPSA) is 81.9 Å². The van der Waals surface area contributed by atoms with Crippen molar-refractivity contribution in [1.29, 1.82) is 0 Å². The fraction of sp³-hybridized carbons (Fsp3) is 0.222. The van der Waals surface area contributed by atoms with Gasteiger partial charge in [0.15, 0.2) is 11.9 Å². The maximum Gasteiger partial charge on any atom is 0.258 e. The van der Waals surface area contributed by atoms with Gasteiger partial charge in [0.05, 0.1) is 0 Å². The molecule has 0 spiro atoms. The van der Waals surface area contributed by atoms with Gasteiger partial charge in [-0.15, -0.1) is 5.10 Å². The smallest absolute Gasteiger partial charge is 0.258 e. The minimum Gasteiger partial charge on any atom is -0.367 e. The van der Waals surface area contributed by atoms with Crippen molar-refractivity contribution >= 4 is 11.6 Å². The average molecular weight is 337 g/mol. The Hall–Kier alpha value is -3.06. The molecule has 1 N–H and O–H groups in total. The van der Waals surface area contributed by atoms with Crippen LogP contribution in [0, 0.1) is 0 Å². The number of ether oxygens (including phenoxy) is 1. The SMILES string of the molecule is CCn1nnnc1-c1cccc(NC(=O)[C@H](OC)c2ccccc2)c1. The Morgan fingerprint density at radius 2 is 2.00 bits per heavy atom. The van der Waals surface area contributed by atoms with Crippen LogP contribution in [0.2, 0.25) is 0 Å². The summed E-state index contributed by atoms with van der Waals surface area (Å²) in [7, 11) is 1.52. The standard InChI is InChI=1S/C18H19N5O2/c1-3-23-17(20-21-22-23)14-10-7-11-15(12-14)19-18(24)16(25-2)13-8-5-4-6-9-13/h4-12,16H,3H2,1-2H3,(H,19,24)/t16-/m1/s1. The third-order valence-corrected chi connectivity index (χ3v) is 3.80. The Labute approximate surface area is 145 Å². The summed E-state index contributed by atoms with van der Waals surface area (Å²) in [6.45, 7) is 2.63. The molecule has 0 saturated heterocycles. The molecule has 1 heterocycles. The quantitative estimate of drug-likeness (QED) is 0.748. The minimum absolute atomic E-state index is 0.235. The fourth-order valence-corrected chi connectivity index (χ4v) is 2.59. The first-order chi connectivity index (χ1) is 12.2. The highest BCUT2D eigenvalue weighted by atomic mass is 16.5. The molecule has 1 amide bonds. The van der Waals surface area contributed by atoms with Crippen molar-refractivity contribution < 1.29 is 9.53 Å². The number of carbonyl (C=O) groups excluding carboxylic acids is 1. The fourth-order valence-electron chi connectivity index (χ4n) is 2.59. The molecular weight excluding hydrogens is 318 g/mol. The van der Waals surface area contributed by atoms with E-state index in [0.29, 0.717) is 18.1 Å². The van der Waals surface area contributed by atoms with Crippen LogP contribution in [0.4, 0.5) is 5.69 Å². The second-order valence-corrected chi connectivity index (χ2v) is 5.41. The number of aromatic nitrogens is 4. The molecule has 0 aliphatic carbocycles. The largest absolute Gasteiger partial charge is 0.367 e. The summed E-state index contributed by atoms with van der Waals surface area (Å²) < 4.78 is 7.06. The Morgan fingerprint density at radius 3 is 2.72 bits per heavy atom. The molecule has 3 rings (SSSR count). The van der Waals surface area contributed by atoms with E-state index in [9.17, 15) is 4.79 Å². The van der Waals surface area contributed by atoms with Gasteiger partial charge in [-0.3, -0.25) is 4.79 Å². The maximum absolute atomic E-state index is 12.6. The highest BCUT2D eigenvalue weighted by Gasteiger charge is 2.20. The van der Waals surface area contributed by atoms with E-state index in [0.717, 1.165) is 11.1 Å². The van der Waals surface area contributed by atoms with Gasteiger partial charge in [-0.1, -0.05) is 42.5 Å². The molecule has 0 unspecified atom stereocenters. The first-order valence-corrected chi connectivity index (χ1v) is 7.98. The van der Waals surface area contributed by atoms with Crippen molar-refractivity contribution in [2.75, 3.05) is 12.4 Å². The number of methoxy groups -OCH3 is 1. The number of carbonyl (C=O) groups is 1. The van der Waals surface area contributed by atoms with E-state index in [4.69, 9.17) is 4.74 Å². The second-order valence-electron chi connectivity index (χ2n) is 5.41. The highest BCUT2D eigenvalue weighted by molar-refractivity contribution is 5.95. The number of nitrogens with zero attached hydrogens (tertiary/aromatic N) is 4. The van der Waals surface area contributed by atoms with E-state index in [1.165, 1.54) is 7.11 Å². The van der Waals surface area contributed by atoms with Crippen LogP contribution in [-0.4, -0.2) is 33.2 Å². The molecule has 1 atom stereocenters. The van der Waals surface area contributed by atoms with Crippen LogP contribution >= 0.6 is 0 Å². The molecule has 0 radical (unpaired) electrons. The third-order valence-electron chi connectivity index (χ3n) is 3.80. The monoisotopic (exact) mass is 337 g/mol. The zero-order valence-corrected chi connectivity index (χ0v) is 14.1. The predicted octanol–water partition coefficient (Wildman–Crippen LogP) is 2.69. The van der Waals surface area contributed by atoms with Crippen molar-refractivity contribution in [3.05, 3.63) is 60.2 Å². The van der Waals surface area contributed by atoms with E-state index in [1.807, 2.05) is 61.5 Å². The van der Waals surface area contributed by atoms with E-state index in [2.05, 4.69) is 20.8 Å². The van der Waals surface area contributed by atoms with Gasteiger partial charge in [0, 0.05) is 24.9 Å². The number of tetrazole rings is 1. The molecule has 25 heavy (non-hydrogen) atoms. The minimum atomic E-state index is -0.675. The molecule has 0 aliphatic rings. The van der Waals surface area contributed by atoms with E-state index in [1.54, 1.807) is 4.68 Å². The number of nitrogens with one attached hydrogen (secondary N) is 1. The molecule has 0 saturated carbocycles. The van der Waals surface area contributed by atoms with E-state index < -0.39 is 6.10 Å². The van der Waals surface area contributed by atoms with Crippen LogP contribution in [-0.2, 0) is 16.1 Å². The van der Waals surface area contributed by atoms with Crippen LogP contribution in [0.3, 0.4) is 0 Å². The van der Waals surface area contributed by atoms with Crippen molar-refractivity contribution in [3.63, 3.8) is 0 Å². The highest BCUT2D eigenvalue weighted by Crippen LogP contribution is 2.23. The normalized spacial score (nSPS) is 11.9. The van der Waals surface area contributed by atoms with Gasteiger partial charge in [0.1, 0.15) is 0 Å². The molecule has 0 bridgehead atoms. The van der Waals surface area contributed by atoms with Gasteiger partial charge in [-0.25, -0.2) is 4.68 Å². The third kappa shape index (κ3) is 3.72. The number of aryl methyl sites for hydroxylation is 1. The number of amides is 1. The molecule has 2 aromatic carbocycles. The van der Waals surface area contributed by atoms with Crippen LogP contribution < -0.4 is 5.32 Å². The first kappa shape index (κ1) is 16.8. The van der Waals surface area contributed by atoms with Crippen molar-refractivity contribution in [2.24, 2.45) is 0 Å². The van der Waals surface area contributed by atoms with Crippen molar-refractivity contribution in [2.45, 2.75) is 19.6 Å². The molecule has 128 valence electrons. The summed E-state index contributed by atoms with van der Waals surface area (Å²) >= 11 is 0. The average Bonchev–Trinajstić information content (AvgIpc) is 3.12. The lowest BCUT2D eigenvalue weighted by molar-refractivity contribution is -0.126.